The minimum absolute atomic E-state index is 0.0288. The van der Waals surface area contributed by atoms with E-state index in [1.165, 1.54) is 0 Å². The molecule has 1 aromatic carbocycles. The molecule has 0 bridgehead atoms. The number of nitrogens with zero attached hydrogens (tertiary/aromatic N) is 1. The molecule has 0 aliphatic carbocycles. The molecule has 0 aliphatic heterocycles. The van der Waals surface area contributed by atoms with Gasteiger partial charge in [0.2, 0.25) is 0 Å². The second kappa shape index (κ2) is 5.40. The third-order valence-corrected chi connectivity index (χ3v) is 2.68. The van der Waals surface area contributed by atoms with Crippen molar-refractivity contribution in [2.24, 2.45) is 0 Å². The van der Waals surface area contributed by atoms with Crippen molar-refractivity contribution >= 4 is 5.91 Å². The molecule has 0 atom stereocenters. The zero-order valence-electron chi connectivity index (χ0n) is 10.4. The number of benzene rings is 1. The zero-order chi connectivity index (χ0) is 13.0. The number of rotatable bonds is 4. The van der Waals surface area contributed by atoms with E-state index in [2.05, 4.69) is 0 Å². The second-order valence-electron chi connectivity index (χ2n) is 4.02. The fraction of sp³-hybridized carbons (Fsp3) is 0.214. The second-order valence-corrected chi connectivity index (χ2v) is 4.02. The molecule has 2 aromatic rings. The third kappa shape index (κ3) is 2.71. The van der Waals surface area contributed by atoms with Gasteiger partial charge in [-0.1, -0.05) is 0 Å². The van der Waals surface area contributed by atoms with Gasteiger partial charge in [-0.05, 0) is 30.3 Å². The zero-order valence-corrected chi connectivity index (χ0v) is 10.4. The SMILES string of the molecule is COc1ccc(C(=O)N(C)Cc2ccoc2)cc1. The largest absolute Gasteiger partial charge is 0.497 e. The highest BCUT2D eigenvalue weighted by Crippen LogP contribution is 2.14. The van der Waals surface area contributed by atoms with E-state index in [1.54, 1.807) is 55.8 Å². The summed E-state index contributed by atoms with van der Waals surface area (Å²) in [4.78, 5) is 13.8. The van der Waals surface area contributed by atoms with Crippen LogP contribution >= 0.6 is 0 Å². The molecule has 94 valence electrons. The van der Waals surface area contributed by atoms with E-state index in [0.717, 1.165) is 11.3 Å². The van der Waals surface area contributed by atoms with Crippen LogP contribution in [0.15, 0.2) is 47.3 Å². The number of carbonyl (C=O) groups excluding carboxylic acids is 1. The minimum Gasteiger partial charge on any atom is -0.497 e. The first-order valence-corrected chi connectivity index (χ1v) is 5.61. The van der Waals surface area contributed by atoms with E-state index in [0.29, 0.717) is 12.1 Å². The van der Waals surface area contributed by atoms with Gasteiger partial charge in [0.25, 0.3) is 5.91 Å². The van der Waals surface area contributed by atoms with E-state index in [4.69, 9.17) is 9.15 Å². The number of hydrogen-bond acceptors (Lipinski definition) is 3. The molecule has 0 radical (unpaired) electrons. The molecule has 0 fully saturated rings. The predicted octanol–water partition coefficient (Wildman–Crippen LogP) is 2.56. The Hall–Kier alpha value is -2.23. The van der Waals surface area contributed by atoms with Crippen LogP contribution < -0.4 is 4.74 Å². The lowest BCUT2D eigenvalue weighted by Crippen LogP contribution is -2.25. The lowest BCUT2D eigenvalue weighted by atomic mass is 10.2. The molecule has 1 amide bonds. The number of amides is 1. The van der Waals surface area contributed by atoms with Gasteiger partial charge in [-0.2, -0.15) is 0 Å². The highest BCUT2D eigenvalue weighted by molar-refractivity contribution is 5.94. The maximum atomic E-state index is 12.1. The van der Waals surface area contributed by atoms with Crippen molar-refractivity contribution in [1.82, 2.24) is 4.90 Å². The van der Waals surface area contributed by atoms with Crippen LogP contribution in [0.3, 0.4) is 0 Å². The summed E-state index contributed by atoms with van der Waals surface area (Å²) in [5.41, 5.74) is 1.61. The van der Waals surface area contributed by atoms with E-state index >= 15 is 0 Å². The maximum absolute atomic E-state index is 12.1. The Labute approximate surface area is 106 Å². The molecule has 18 heavy (non-hydrogen) atoms. The van der Waals surface area contributed by atoms with E-state index < -0.39 is 0 Å². The first kappa shape index (κ1) is 12.2. The van der Waals surface area contributed by atoms with Crippen LogP contribution in [0.25, 0.3) is 0 Å². The van der Waals surface area contributed by atoms with Crippen molar-refractivity contribution < 1.29 is 13.9 Å². The summed E-state index contributed by atoms with van der Waals surface area (Å²) in [6.45, 7) is 0.529. The van der Waals surface area contributed by atoms with Crippen LogP contribution in [0.1, 0.15) is 15.9 Å². The van der Waals surface area contributed by atoms with Gasteiger partial charge in [-0.15, -0.1) is 0 Å². The first-order valence-electron chi connectivity index (χ1n) is 5.61. The van der Waals surface area contributed by atoms with E-state index in [-0.39, 0.29) is 5.91 Å². The highest BCUT2D eigenvalue weighted by Gasteiger charge is 2.12. The molecular weight excluding hydrogens is 230 g/mol. The molecular formula is C14H15NO3. The topological polar surface area (TPSA) is 42.7 Å². The molecule has 2 rings (SSSR count). The quantitative estimate of drug-likeness (QED) is 0.831. The van der Waals surface area contributed by atoms with Crippen LogP contribution in [-0.4, -0.2) is 25.0 Å². The van der Waals surface area contributed by atoms with E-state index in [9.17, 15) is 4.79 Å². The smallest absolute Gasteiger partial charge is 0.253 e. The van der Waals surface area contributed by atoms with Crippen molar-refractivity contribution in [3.05, 3.63) is 54.0 Å². The standard InChI is InChI=1S/C14H15NO3/c1-15(9-11-7-8-18-10-11)14(16)12-3-5-13(17-2)6-4-12/h3-8,10H,9H2,1-2H3. The number of carbonyl (C=O) groups is 1. The summed E-state index contributed by atoms with van der Waals surface area (Å²) < 4.78 is 10.0. The summed E-state index contributed by atoms with van der Waals surface area (Å²) in [6, 6.07) is 8.91. The Morgan fingerprint density at radius 3 is 2.56 bits per heavy atom. The molecule has 1 aromatic heterocycles. The van der Waals surface area contributed by atoms with Crippen LogP contribution in [0, 0.1) is 0 Å². The Kier molecular flexibility index (Phi) is 3.67. The average molecular weight is 245 g/mol. The molecule has 0 spiro atoms. The van der Waals surface area contributed by atoms with Crippen molar-refractivity contribution in [2.75, 3.05) is 14.2 Å². The van der Waals surface area contributed by atoms with Crippen LogP contribution in [0.5, 0.6) is 5.75 Å². The monoisotopic (exact) mass is 245 g/mol. The molecule has 1 heterocycles. The Bertz CT molecular complexity index is 502. The van der Waals surface area contributed by atoms with Crippen molar-refractivity contribution in [3.8, 4) is 5.75 Å². The summed E-state index contributed by atoms with van der Waals surface area (Å²) in [5, 5.41) is 0. The van der Waals surface area contributed by atoms with Gasteiger partial charge in [0.15, 0.2) is 0 Å². The fourth-order valence-corrected chi connectivity index (χ4v) is 1.68. The molecule has 0 saturated heterocycles. The molecule has 4 nitrogen and oxygen atoms in total. The van der Waals surface area contributed by atoms with Gasteiger partial charge in [-0.3, -0.25) is 4.79 Å². The summed E-state index contributed by atoms with van der Waals surface area (Å²) in [5.74, 6) is 0.711. The summed E-state index contributed by atoms with van der Waals surface area (Å²) >= 11 is 0. The maximum Gasteiger partial charge on any atom is 0.253 e. The Balaban J connectivity index is 2.05. The van der Waals surface area contributed by atoms with Gasteiger partial charge in [0.1, 0.15) is 5.75 Å². The van der Waals surface area contributed by atoms with E-state index in [1.807, 2.05) is 6.07 Å². The number of methoxy groups -OCH3 is 1. The van der Waals surface area contributed by atoms with Crippen molar-refractivity contribution in [2.45, 2.75) is 6.54 Å². The third-order valence-electron chi connectivity index (χ3n) is 2.68. The van der Waals surface area contributed by atoms with Crippen LogP contribution in [0.2, 0.25) is 0 Å². The van der Waals surface area contributed by atoms with Crippen molar-refractivity contribution in [3.63, 3.8) is 0 Å². The first-order chi connectivity index (χ1) is 8.70. The highest BCUT2D eigenvalue weighted by atomic mass is 16.5. The van der Waals surface area contributed by atoms with Crippen molar-refractivity contribution in [1.29, 1.82) is 0 Å². The lowest BCUT2D eigenvalue weighted by Gasteiger charge is -2.16. The molecule has 0 unspecified atom stereocenters. The summed E-state index contributed by atoms with van der Waals surface area (Å²) in [7, 11) is 3.36. The molecule has 0 saturated carbocycles. The molecule has 0 N–H and O–H groups in total. The summed E-state index contributed by atoms with van der Waals surface area (Å²) in [6.07, 6.45) is 3.23. The van der Waals surface area contributed by atoms with Gasteiger partial charge in [0.05, 0.1) is 19.6 Å². The lowest BCUT2D eigenvalue weighted by molar-refractivity contribution is 0.0785. The predicted molar refractivity (Wildman–Crippen MR) is 67.5 cm³/mol. The van der Waals surface area contributed by atoms with Gasteiger partial charge < -0.3 is 14.1 Å². The number of ether oxygens (including phenoxy) is 1. The minimum atomic E-state index is -0.0288. The number of hydrogen-bond donors (Lipinski definition) is 0. The number of furan rings is 1. The average Bonchev–Trinajstić information content (AvgIpc) is 2.91. The molecule has 4 heteroatoms. The Morgan fingerprint density at radius 2 is 2.00 bits per heavy atom. The fourth-order valence-electron chi connectivity index (χ4n) is 1.68. The van der Waals surface area contributed by atoms with Gasteiger partial charge >= 0.3 is 0 Å². The van der Waals surface area contributed by atoms with Gasteiger partial charge in [-0.25, -0.2) is 0 Å². The Morgan fingerprint density at radius 1 is 1.28 bits per heavy atom. The van der Waals surface area contributed by atoms with Crippen LogP contribution in [-0.2, 0) is 6.54 Å². The van der Waals surface area contributed by atoms with Gasteiger partial charge in [0, 0.05) is 24.7 Å². The van der Waals surface area contributed by atoms with Crippen LogP contribution in [0.4, 0.5) is 0 Å². The normalized spacial score (nSPS) is 10.1. The molecule has 0 aliphatic rings.